The SMILES string of the molecule is COC(=O)c1ccc2c(=O)n(Cc3ccccc3Cl)c(SC(C)C(=O)N3N=C4/C(=C/c5ccc(OC)cc5)CCCC4C3c3ccc(OC)cc3)nc2c1. The lowest BCUT2D eigenvalue weighted by molar-refractivity contribution is -0.132. The van der Waals surface area contributed by atoms with E-state index >= 15 is 0 Å². The molecule has 0 N–H and O–H groups in total. The summed E-state index contributed by atoms with van der Waals surface area (Å²) in [5.74, 6) is 0.705. The summed E-state index contributed by atoms with van der Waals surface area (Å²) in [5.41, 5.74) is 4.95. The molecule has 12 heteroatoms. The predicted molar refractivity (Wildman–Crippen MR) is 212 cm³/mol. The molecule has 1 aromatic heterocycles. The molecular formula is C42H39ClN4O6S. The highest BCUT2D eigenvalue weighted by atomic mass is 35.5. The summed E-state index contributed by atoms with van der Waals surface area (Å²) < 4.78 is 17.2. The van der Waals surface area contributed by atoms with Gasteiger partial charge in [0.25, 0.3) is 11.5 Å². The fourth-order valence-electron chi connectivity index (χ4n) is 7.08. The van der Waals surface area contributed by atoms with Gasteiger partial charge >= 0.3 is 5.97 Å². The molecule has 2 aliphatic rings. The number of nitrogens with zero attached hydrogens (tertiary/aromatic N) is 4. The van der Waals surface area contributed by atoms with Crippen LogP contribution in [0, 0.1) is 5.92 Å². The number of halogens is 1. The molecule has 1 aliphatic heterocycles. The van der Waals surface area contributed by atoms with Gasteiger partial charge in [0, 0.05) is 10.9 Å². The third-order valence-corrected chi connectivity index (χ3v) is 11.3. The average molecular weight is 763 g/mol. The second-order valence-corrected chi connectivity index (χ2v) is 14.9. The Morgan fingerprint density at radius 3 is 2.35 bits per heavy atom. The molecule has 3 atom stereocenters. The highest BCUT2D eigenvalue weighted by Crippen LogP contribution is 2.45. The number of hydrogen-bond donors (Lipinski definition) is 0. The molecule has 276 valence electrons. The van der Waals surface area contributed by atoms with Crippen molar-refractivity contribution in [2.45, 2.75) is 49.2 Å². The van der Waals surface area contributed by atoms with Gasteiger partial charge in [-0.1, -0.05) is 65.8 Å². The molecule has 0 saturated heterocycles. The Morgan fingerprint density at radius 2 is 1.67 bits per heavy atom. The summed E-state index contributed by atoms with van der Waals surface area (Å²) in [5, 5.41) is 7.14. The van der Waals surface area contributed by atoms with Crippen molar-refractivity contribution in [2.75, 3.05) is 21.3 Å². The van der Waals surface area contributed by atoms with E-state index in [1.807, 2.05) is 66.7 Å². The van der Waals surface area contributed by atoms with E-state index in [1.165, 1.54) is 29.5 Å². The first kappa shape index (κ1) is 36.9. The van der Waals surface area contributed by atoms with Gasteiger partial charge in [0.15, 0.2) is 5.16 Å². The van der Waals surface area contributed by atoms with Crippen molar-refractivity contribution in [3.05, 3.63) is 134 Å². The minimum absolute atomic E-state index is 0.0215. The molecule has 1 fully saturated rings. The molecule has 7 rings (SSSR count). The van der Waals surface area contributed by atoms with Crippen LogP contribution >= 0.6 is 23.4 Å². The lowest BCUT2D eigenvalue weighted by Crippen LogP contribution is -2.36. The second kappa shape index (κ2) is 15.9. The van der Waals surface area contributed by atoms with E-state index in [-0.39, 0.29) is 35.5 Å². The Labute approximate surface area is 322 Å². The van der Waals surface area contributed by atoms with Crippen LogP contribution in [0.4, 0.5) is 0 Å². The molecule has 1 amide bonds. The Bertz CT molecular complexity index is 2340. The first-order valence-corrected chi connectivity index (χ1v) is 18.9. The first-order chi connectivity index (χ1) is 26.2. The molecule has 5 aromatic rings. The van der Waals surface area contributed by atoms with Gasteiger partial charge < -0.3 is 14.2 Å². The summed E-state index contributed by atoms with van der Waals surface area (Å²) in [6.07, 6.45) is 4.81. The summed E-state index contributed by atoms with van der Waals surface area (Å²) in [4.78, 5) is 46.1. The van der Waals surface area contributed by atoms with Gasteiger partial charge in [-0.05, 0) is 103 Å². The first-order valence-electron chi connectivity index (χ1n) is 17.6. The number of hydrazone groups is 1. The second-order valence-electron chi connectivity index (χ2n) is 13.2. The summed E-state index contributed by atoms with van der Waals surface area (Å²) in [7, 11) is 4.57. The molecule has 10 nitrogen and oxygen atoms in total. The van der Waals surface area contributed by atoms with Crippen molar-refractivity contribution in [2.24, 2.45) is 11.0 Å². The summed E-state index contributed by atoms with van der Waals surface area (Å²) >= 11 is 7.72. The van der Waals surface area contributed by atoms with Crippen LogP contribution < -0.4 is 15.0 Å². The number of fused-ring (bicyclic) bond motifs is 2. The molecule has 0 bridgehead atoms. The van der Waals surface area contributed by atoms with Crippen LogP contribution in [0.2, 0.25) is 5.02 Å². The zero-order valence-corrected chi connectivity index (χ0v) is 31.9. The number of ether oxygens (including phenoxy) is 3. The van der Waals surface area contributed by atoms with Gasteiger partial charge in [0.1, 0.15) is 11.5 Å². The minimum atomic E-state index is -0.713. The number of carbonyl (C=O) groups excluding carboxylic acids is 2. The number of methoxy groups -OCH3 is 3. The highest BCUT2D eigenvalue weighted by Gasteiger charge is 2.45. The molecule has 2 heterocycles. The van der Waals surface area contributed by atoms with Crippen LogP contribution in [0.15, 0.2) is 112 Å². The number of esters is 1. The molecule has 1 aliphatic carbocycles. The largest absolute Gasteiger partial charge is 0.497 e. The molecule has 1 saturated carbocycles. The topological polar surface area (TPSA) is 112 Å². The number of carbonyl (C=O) groups is 2. The molecule has 3 unspecified atom stereocenters. The fraction of sp³-hybridized carbons (Fsp3) is 0.262. The number of rotatable bonds is 10. The van der Waals surface area contributed by atoms with Crippen molar-refractivity contribution in [1.82, 2.24) is 14.6 Å². The van der Waals surface area contributed by atoms with Gasteiger partial charge in [0.05, 0.1) is 61.3 Å². The van der Waals surface area contributed by atoms with E-state index in [0.29, 0.717) is 21.1 Å². The third-order valence-electron chi connectivity index (χ3n) is 9.90. The number of aromatic nitrogens is 2. The molecule has 0 radical (unpaired) electrons. The van der Waals surface area contributed by atoms with E-state index in [4.69, 9.17) is 35.9 Å². The zero-order chi connectivity index (χ0) is 37.9. The van der Waals surface area contributed by atoms with E-state index in [1.54, 1.807) is 44.4 Å². The Morgan fingerprint density at radius 1 is 0.963 bits per heavy atom. The van der Waals surface area contributed by atoms with Gasteiger partial charge in [-0.3, -0.25) is 14.2 Å². The van der Waals surface area contributed by atoms with E-state index in [9.17, 15) is 14.4 Å². The number of benzene rings is 4. The van der Waals surface area contributed by atoms with E-state index < -0.39 is 11.2 Å². The van der Waals surface area contributed by atoms with Crippen LogP contribution in [0.25, 0.3) is 17.0 Å². The maximum atomic E-state index is 14.7. The smallest absolute Gasteiger partial charge is 0.337 e. The van der Waals surface area contributed by atoms with Crippen molar-refractivity contribution in [1.29, 1.82) is 0 Å². The van der Waals surface area contributed by atoms with E-state index in [0.717, 1.165) is 58.7 Å². The van der Waals surface area contributed by atoms with Gasteiger partial charge in [-0.2, -0.15) is 5.10 Å². The Kier molecular flexibility index (Phi) is 10.9. The third kappa shape index (κ3) is 7.38. The lowest BCUT2D eigenvalue weighted by atomic mass is 9.77. The number of allylic oxidation sites excluding steroid dienone is 1. The fourth-order valence-corrected chi connectivity index (χ4v) is 8.23. The van der Waals surface area contributed by atoms with Crippen LogP contribution in [0.3, 0.4) is 0 Å². The van der Waals surface area contributed by atoms with Crippen LogP contribution in [0.1, 0.15) is 59.3 Å². The summed E-state index contributed by atoms with van der Waals surface area (Å²) in [6, 6.07) is 27.3. The van der Waals surface area contributed by atoms with Crippen LogP contribution in [-0.4, -0.2) is 58.7 Å². The van der Waals surface area contributed by atoms with Gasteiger partial charge in [-0.15, -0.1) is 0 Å². The lowest BCUT2D eigenvalue weighted by Gasteiger charge is -2.30. The maximum absolute atomic E-state index is 14.7. The van der Waals surface area contributed by atoms with Crippen molar-refractivity contribution < 1.29 is 23.8 Å². The highest BCUT2D eigenvalue weighted by molar-refractivity contribution is 8.00. The van der Waals surface area contributed by atoms with Crippen molar-refractivity contribution in [3.8, 4) is 11.5 Å². The molecular weight excluding hydrogens is 724 g/mol. The van der Waals surface area contributed by atoms with E-state index in [2.05, 4.69) is 6.08 Å². The quantitative estimate of drug-likeness (QED) is 0.0796. The average Bonchev–Trinajstić information content (AvgIpc) is 3.60. The summed E-state index contributed by atoms with van der Waals surface area (Å²) in [6.45, 7) is 1.93. The molecule has 0 spiro atoms. The normalized spacial score (nSPS) is 17.9. The van der Waals surface area contributed by atoms with Crippen LogP contribution in [-0.2, 0) is 16.1 Å². The minimum Gasteiger partial charge on any atom is -0.497 e. The standard InChI is InChI=1S/C42H39ClN4O6S/c1-25(54-42-44-36-23-29(41(50)53-4)16-21-33(36)40(49)46(42)24-30-8-5-6-11-35(30)43)39(48)47-38(27-14-19-32(52-3)20-15-27)34-10-7-9-28(37(34)45-47)22-26-12-17-31(51-2)18-13-26/h5-6,8,11-23,25,34,38H,7,9-10,24H2,1-4H3/b28-22+. The molecule has 4 aromatic carbocycles. The predicted octanol–water partition coefficient (Wildman–Crippen LogP) is 8.21. The van der Waals surface area contributed by atoms with Crippen LogP contribution in [0.5, 0.6) is 11.5 Å². The zero-order valence-electron chi connectivity index (χ0n) is 30.3. The number of thioether (sulfide) groups is 1. The maximum Gasteiger partial charge on any atom is 0.337 e. The Hall–Kier alpha value is -5.39. The monoisotopic (exact) mass is 762 g/mol. The van der Waals surface area contributed by atoms with Gasteiger partial charge in [-0.25, -0.2) is 14.8 Å². The van der Waals surface area contributed by atoms with Gasteiger partial charge in [0.2, 0.25) is 0 Å². The van der Waals surface area contributed by atoms with Crippen molar-refractivity contribution in [3.63, 3.8) is 0 Å². The Balaban J connectivity index is 1.28. The van der Waals surface area contributed by atoms with Crippen molar-refractivity contribution >= 4 is 57.9 Å². The number of hydrogen-bond acceptors (Lipinski definition) is 9. The number of amides is 1. The molecule has 54 heavy (non-hydrogen) atoms.